The van der Waals surface area contributed by atoms with E-state index in [2.05, 4.69) is 22.4 Å². The molecule has 0 radical (unpaired) electrons. The van der Waals surface area contributed by atoms with Crippen LogP contribution in [0.5, 0.6) is 0 Å². The van der Waals surface area contributed by atoms with Crippen molar-refractivity contribution in [3.8, 4) is 0 Å². The average Bonchev–Trinajstić information content (AvgIpc) is 2.97. The van der Waals surface area contributed by atoms with Crippen molar-refractivity contribution in [3.63, 3.8) is 0 Å². The summed E-state index contributed by atoms with van der Waals surface area (Å²) in [5, 5.41) is 15.3. The Balaban J connectivity index is 1.97. The summed E-state index contributed by atoms with van der Waals surface area (Å²) < 4.78 is 2.02. The van der Waals surface area contributed by atoms with Gasteiger partial charge in [-0.05, 0) is 12.5 Å². The molecular weight excluding hydrogens is 254 g/mol. The predicted octanol–water partition coefficient (Wildman–Crippen LogP) is 1.16. The SMILES string of the molecule is CC(Cn1ccnc1)NCc1ccccc1C(N)=NO. The molecular formula is C14H19N5O. The van der Waals surface area contributed by atoms with Crippen LogP contribution in [0, 0.1) is 0 Å². The summed E-state index contributed by atoms with van der Waals surface area (Å²) in [6, 6.07) is 7.89. The highest BCUT2D eigenvalue weighted by atomic mass is 16.4. The van der Waals surface area contributed by atoms with Gasteiger partial charge in [-0.2, -0.15) is 0 Å². The Kier molecular flexibility index (Phi) is 4.73. The molecule has 0 saturated heterocycles. The fourth-order valence-electron chi connectivity index (χ4n) is 2.04. The lowest BCUT2D eigenvalue weighted by Gasteiger charge is -2.16. The normalized spacial score (nSPS) is 13.3. The number of rotatable bonds is 6. The second kappa shape index (κ2) is 6.72. The first-order chi connectivity index (χ1) is 9.70. The van der Waals surface area contributed by atoms with Crippen LogP contribution in [0.1, 0.15) is 18.1 Å². The van der Waals surface area contributed by atoms with E-state index in [1.165, 1.54) is 0 Å². The number of nitrogens with zero attached hydrogens (tertiary/aromatic N) is 3. The van der Waals surface area contributed by atoms with Gasteiger partial charge in [0.05, 0.1) is 6.33 Å². The van der Waals surface area contributed by atoms with Gasteiger partial charge >= 0.3 is 0 Å². The Morgan fingerprint density at radius 1 is 1.50 bits per heavy atom. The quantitative estimate of drug-likeness (QED) is 0.319. The third-order valence-electron chi connectivity index (χ3n) is 3.09. The van der Waals surface area contributed by atoms with Crippen LogP contribution in [-0.4, -0.2) is 26.6 Å². The van der Waals surface area contributed by atoms with Gasteiger partial charge in [-0.1, -0.05) is 29.4 Å². The zero-order chi connectivity index (χ0) is 14.4. The lowest BCUT2D eigenvalue weighted by molar-refractivity contribution is 0.318. The van der Waals surface area contributed by atoms with Gasteiger partial charge < -0.3 is 20.8 Å². The lowest BCUT2D eigenvalue weighted by Crippen LogP contribution is -2.30. The zero-order valence-corrected chi connectivity index (χ0v) is 11.4. The van der Waals surface area contributed by atoms with Crippen LogP contribution in [0.4, 0.5) is 0 Å². The Morgan fingerprint density at radius 3 is 3.00 bits per heavy atom. The molecule has 1 aromatic carbocycles. The van der Waals surface area contributed by atoms with E-state index in [0.717, 1.165) is 17.7 Å². The molecule has 2 aromatic rings. The molecule has 6 heteroatoms. The lowest BCUT2D eigenvalue weighted by atomic mass is 10.1. The number of imidazole rings is 1. The standard InChI is InChI=1S/C14H19N5O/c1-11(9-19-7-6-16-10-19)17-8-12-4-2-3-5-13(12)14(15)18-20/h2-7,10-11,17,20H,8-9H2,1H3,(H2,15,18). The van der Waals surface area contributed by atoms with E-state index < -0.39 is 0 Å². The van der Waals surface area contributed by atoms with Crippen LogP contribution in [0.15, 0.2) is 48.1 Å². The minimum absolute atomic E-state index is 0.129. The maximum absolute atomic E-state index is 8.79. The number of nitrogens with two attached hydrogens (primary N) is 1. The maximum atomic E-state index is 8.79. The van der Waals surface area contributed by atoms with Gasteiger partial charge in [-0.3, -0.25) is 0 Å². The van der Waals surface area contributed by atoms with Crippen LogP contribution < -0.4 is 11.1 Å². The molecule has 20 heavy (non-hydrogen) atoms. The third-order valence-corrected chi connectivity index (χ3v) is 3.09. The first-order valence-electron chi connectivity index (χ1n) is 6.45. The summed E-state index contributed by atoms with van der Waals surface area (Å²) in [4.78, 5) is 4.02. The van der Waals surface area contributed by atoms with Gasteiger partial charge in [0, 0.05) is 37.1 Å². The summed E-state index contributed by atoms with van der Waals surface area (Å²) >= 11 is 0. The molecule has 0 aliphatic rings. The molecule has 0 amide bonds. The van der Waals surface area contributed by atoms with Gasteiger partial charge in [0.15, 0.2) is 5.84 Å². The minimum atomic E-state index is 0.129. The number of aromatic nitrogens is 2. The van der Waals surface area contributed by atoms with Gasteiger partial charge in [0.1, 0.15) is 0 Å². The minimum Gasteiger partial charge on any atom is -0.409 e. The van der Waals surface area contributed by atoms with Crippen molar-refractivity contribution in [2.24, 2.45) is 10.9 Å². The average molecular weight is 273 g/mol. The summed E-state index contributed by atoms with van der Waals surface area (Å²) in [6.07, 6.45) is 5.49. The fourth-order valence-corrected chi connectivity index (χ4v) is 2.04. The van der Waals surface area contributed by atoms with E-state index in [-0.39, 0.29) is 11.9 Å². The third kappa shape index (κ3) is 3.58. The second-order valence-electron chi connectivity index (χ2n) is 4.68. The van der Waals surface area contributed by atoms with Crippen molar-refractivity contribution in [1.29, 1.82) is 0 Å². The van der Waals surface area contributed by atoms with Crippen LogP contribution in [0.25, 0.3) is 0 Å². The number of benzene rings is 1. The molecule has 0 bridgehead atoms. The van der Waals surface area contributed by atoms with Crippen molar-refractivity contribution in [2.75, 3.05) is 0 Å². The number of hydrogen-bond acceptors (Lipinski definition) is 4. The molecule has 0 aliphatic carbocycles. The molecule has 106 valence electrons. The number of nitrogens with one attached hydrogen (secondary N) is 1. The van der Waals surface area contributed by atoms with Crippen LogP contribution in [0.3, 0.4) is 0 Å². The van der Waals surface area contributed by atoms with E-state index in [9.17, 15) is 0 Å². The van der Waals surface area contributed by atoms with E-state index in [0.29, 0.717) is 6.54 Å². The van der Waals surface area contributed by atoms with E-state index in [1.807, 2.05) is 35.0 Å². The molecule has 0 aliphatic heterocycles. The second-order valence-corrected chi connectivity index (χ2v) is 4.68. The first kappa shape index (κ1) is 14.1. The highest BCUT2D eigenvalue weighted by Gasteiger charge is 2.08. The Morgan fingerprint density at radius 2 is 2.30 bits per heavy atom. The van der Waals surface area contributed by atoms with Crippen molar-refractivity contribution >= 4 is 5.84 Å². The van der Waals surface area contributed by atoms with Gasteiger partial charge in [0.2, 0.25) is 0 Å². The predicted molar refractivity (Wildman–Crippen MR) is 77.5 cm³/mol. The van der Waals surface area contributed by atoms with Crippen molar-refractivity contribution in [2.45, 2.75) is 26.1 Å². The highest BCUT2D eigenvalue weighted by molar-refractivity contribution is 5.98. The molecule has 0 spiro atoms. The van der Waals surface area contributed by atoms with E-state index in [4.69, 9.17) is 10.9 Å². The number of hydrogen-bond donors (Lipinski definition) is 3. The summed E-state index contributed by atoms with van der Waals surface area (Å²) in [5.74, 6) is 0.129. The maximum Gasteiger partial charge on any atom is 0.170 e. The molecule has 4 N–H and O–H groups in total. The Bertz CT molecular complexity index is 565. The monoisotopic (exact) mass is 273 g/mol. The van der Waals surface area contributed by atoms with Crippen molar-refractivity contribution in [1.82, 2.24) is 14.9 Å². The van der Waals surface area contributed by atoms with Gasteiger partial charge in [-0.15, -0.1) is 0 Å². The topological polar surface area (TPSA) is 88.5 Å². The molecule has 0 fully saturated rings. The fraction of sp³-hybridized carbons (Fsp3) is 0.286. The molecule has 2 rings (SSSR count). The van der Waals surface area contributed by atoms with Gasteiger partial charge in [-0.25, -0.2) is 4.98 Å². The first-order valence-corrected chi connectivity index (χ1v) is 6.45. The molecule has 6 nitrogen and oxygen atoms in total. The summed E-state index contributed by atoms with van der Waals surface area (Å²) in [7, 11) is 0. The highest BCUT2D eigenvalue weighted by Crippen LogP contribution is 2.08. The van der Waals surface area contributed by atoms with Crippen LogP contribution in [0.2, 0.25) is 0 Å². The van der Waals surface area contributed by atoms with E-state index in [1.54, 1.807) is 12.5 Å². The largest absolute Gasteiger partial charge is 0.409 e. The van der Waals surface area contributed by atoms with E-state index >= 15 is 0 Å². The van der Waals surface area contributed by atoms with Gasteiger partial charge in [0.25, 0.3) is 0 Å². The molecule has 0 saturated carbocycles. The van der Waals surface area contributed by atoms with Crippen LogP contribution >= 0.6 is 0 Å². The van der Waals surface area contributed by atoms with Crippen molar-refractivity contribution in [3.05, 3.63) is 54.1 Å². The number of oxime groups is 1. The van der Waals surface area contributed by atoms with Crippen molar-refractivity contribution < 1.29 is 5.21 Å². The molecule has 1 aromatic heterocycles. The molecule has 1 heterocycles. The van der Waals surface area contributed by atoms with Crippen LogP contribution in [-0.2, 0) is 13.1 Å². The zero-order valence-electron chi connectivity index (χ0n) is 11.4. The Hall–Kier alpha value is -2.34. The summed E-state index contributed by atoms with van der Waals surface area (Å²) in [6.45, 7) is 3.60. The molecule has 1 atom stereocenters. The number of amidine groups is 1. The Labute approximate surface area is 117 Å². The molecule has 1 unspecified atom stereocenters. The smallest absolute Gasteiger partial charge is 0.170 e. The summed E-state index contributed by atoms with van der Waals surface area (Å²) in [5.41, 5.74) is 7.42.